The first-order valence-electron chi connectivity index (χ1n) is 8.40. The Balaban J connectivity index is 1.48. The van der Waals surface area contributed by atoms with Crippen molar-refractivity contribution in [2.75, 3.05) is 24.5 Å². The van der Waals surface area contributed by atoms with Crippen molar-refractivity contribution < 1.29 is 4.79 Å². The fraction of sp³-hybridized carbons (Fsp3) is 0.368. The number of carbonyl (C=O) groups excluding carboxylic acids is 1. The first kappa shape index (κ1) is 16.8. The summed E-state index contributed by atoms with van der Waals surface area (Å²) in [5, 5.41) is 3.80. The summed E-state index contributed by atoms with van der Waals surface area (Å²) in [6.45, 7) is 2.36. The number of amides is 1. The van der Waals surface area contributed by atoms with E-state index >= 15 is 0 Å². The molecule has 2 aromatic rings. The van der Waals surface area contributed by atoms with Gasteiger partial charge < -0.3 is 10.2 Å². The van der Waals surface area contributed by atoms with Gasteiger partial charge in [0.15, 0.2) is 0 Å². The molecule has 4 nitrogen and oxygen atoms in total. The highest BCUT2D eigenvalue weighted by atomic mass is 35.5. The van der Waals surface area contributed by atoms with E-state index in [-0.39, 0.29) is 11.8 Å². The molecule has 1 aromatic carbocycles. The Bertz CT molecular complexity index is 660. The van der Waals surface area contributed by atoms with E-state index in [0.717, 1.165) is 43.2 Å². The molecule has 0 unspecified atom stereocenters. The van der Waals surface area contributed by atoms with E-state index in [0.29, 0.717) is 6.54 Å². The van der Waals surface area contributed by atoms with Gasteiger partial charge in [-0.05, 0) is 49.1 Å². The van der Waals surface area contributed by atoms with Crippen LogP contribution in [0.2, 0.25) is 5.02 Å². The lowest BCUT2D eigenvalue weighted by atomic mass is 9.97. The largest absolute Gasteiger partial charge is 0.356 e. The molecule has 0 radical (unpaired) electrons. The summed E-state index contributed by atoms with van der Waals surface area (Å²) in [4.78, 5) is 19.0. The summed E-state index contributed by atoms with van der Waals surface area (Å²) in [7, 11) is 0. The number of anilines is 1. The summed E-state index contributed by atoms with van der Waals surface area (Å²) >= 11 is 5.88. The van der Waals surface area contributed by atoms with Crippen LogP contribution in [0.3, 0.4) is 0 Å². The lowest BCUT2D eigenvalue weighted by Crippen LogP contribution is -2.43. The molecule has 1 amide bonds. The number of halogens is 1. The quantitative estimate of drug-likeness (QED) is 0.906. The van der Waals surface area contributed by atoms with Gasteiger partial charge in [-0.15, -0.1) is 0 Å². The number of nitrogens with one attached hydrogen (secondary N) is 1. The van der Waals surface area contributed by atoms with E-state index in [2.05, 4.69) is 15.2 Å². The summed E-state index contributed by atoms with van der Waals surface area (Å²) in [5.41, 5.74) is 1.18. The minimum absolute atomic E-state index is 0.0333. The summed E-state index contributed by atoms with van der Waals surface area (Å²) in [6.07, 6.45) is 4.58. The van der Waals surface area contributed by atoms with E-state index in [1.54, 1.807) is 6.20 Å². The van der Waals surface area contributed by atoms with Crippen molar-refractivity contribution >= 4 is 23.3 Å². The van der Waals surface area contributed by atoms with E-state index in [1.807, 2.05) is 42.5 Å². The molecular formula is C19H22ClN3O. The molecule has 126 valence electrons. The molecule has 1 fully saturated rings. The topological polar surface area (TPSA) is 45.2 Å². The standard InChI is InChI=1S/C19H22ClN3O/c20-17-8-6-15(7-9-17)10-12-22-19(24)16-4-3-13-23(14-16)18-5-1-2-11-21-18/h1-2,5-9,11,16H,3-4,10,12-14H2,(H,22,24)/t16-/m1/s1. The molecule has 1 N–H and O–H groups in total. The van der Waals surface area contributed by atoms with Gasteiger partial charge in [0.1, 0.15) is 5.82 Å². The van der Waals surface area contributed by atoms with Crippen LogP contribution in [-0.4, -0.2) is 30.5 Å². The number of hydrogen-bond donors (Lipinski definition) is 1. The number of aromatic nitrogens is 1. The first-order chi connectivity index (χ1) is 11.7. The van der Waals surface area contributed by atoms with Crippen LogP contribution in [0.4, 0.5) is 5.82 Å². The molecule has 24 heavy (non-hydrogen) atoms. The van der Waals surface area contributed by atoms with Gasteiger partial charge in [0.05, 0.1) is 5.92 Å². The van der Waals surface area contributed by atoms with Gasteiger partial charge in [-0.2, -0.15) is 0 Å². The molecular weight excluding hydrogens is 322 g/mol. The first-order valence-corrected chi connectivity index (χ1v) is 8.78. The third kappa shape index (κ3) is 4.48. The molecule has 1 aromatic heterocycles. The normalized spacial score (nSPS) is 17.5. The summed E-state index contributed by atoms with van der Waals surface area (Å²) in [6, 6.07) is 13.7. The SMILES string of the molecule is O=C(NCCc1ccc(Cl)cc1)[C@@H]1CCCN(c2ccccn2)C1. The second-order valence-corrected chi connectivity index (χ2v) is 6.58. The number of carbonyl (C=O) groups is 1. The van der Waals surface area contributed by atoms with Gasteiger partial charge in [0, 0.05) is 30.9 Å². The zero-order valence-corrected chi connectivity index (χ0v) is 14.4. The Kier molecular flexibility index (Phi) is 5.70. The van der Waals surface area contributed by atoms with Crippen molar-refractivity contribution in [2.24, 2.45) is 5.92 Å². The van der Waals surface area contributed by atoms with E-state index < -0.39 is 0 Å². The van der Waals surface area contributed by atoms with Gasteiger partial charge >= 0.3 is 0 Å². The van der Waals surface area contributed by atoms with Crippen LogP contribution in [0.25, 0.3) is 0 Å². The monoisotopic (exact) mass is 343 g/mol. The smallest absolute Gasteiger partial charge is 0.224 e. The van der Waals surface area contributed by atoms with Crippen LogP contribution in [0, 0.1) is 5.92 Å². The van der Waals surface area contributed by atoms with Gasteiger partial charge in [-0.3, -0.25) is 4.79 Å². The highest BCUT2D eigenvalue weighted by molar-refractivity contribution is 6.30. The molecule has 1 saturated heterocycles. The molecule has 1 aliphatic rings. The zero-order chi connectivity index (χ0) is 16.8. The van der Waals surface area contributed by atoms with Crippen molar-refractivity contribution in [3.63, 3.8) is 0 Å². The Morgan fingerprint density at radius 1 is 1.25 bits per heavy atom. The Hall–Kier alpha value is -2.07. The van der Waals surface area contributed by atoms with Gasteiger partial charge in [-0.25, -0.2) is 4.98 Å². The maximum atomic E-state index is 12.4. The fourth-order valence-electron chi connectivity index (χ4n) is 3.07. The lowest BCUT2D eigenvalue weighted by Gasteiger charge is -2.32. The summed E-state index contributed by atoms with van der Waals surface area (Å²) in [5.74, 6) is 1.13. The summed E-state index contributed by atoms with van der Waals surface area (Å²) < 4.78 is 0. The number of nitrogens with zero attached hydrogens (tertiary/aromatic N) is 2. The zero-order valence-electron chi connectivity index (χ0n) is 13.6. The molecule has 0 aliphatic carbocycles. The third-order valence-electron chi connectivity index (χ3n) is 4.39. The predicted molar refractivity (Wildman–Crippen MR) is 97.3 cm³/mol. The molecule has 1 atom stereocenters. The van der Waals surface area contributed by atoms with Gasteiger partial charge in [0.25, 0.3) is 0 Å². The fourth-order valence-corrected chi connectivity index (χ4v) is 3.19. The molecule has 3 rings (SSSR count). The van der Waals surface area contributed by atoms with E-state index in [9.17, 15) is 4.79 Å². The van der Waals surface area contributed by atoms with Gasteiger partial charge in [-0.1, -0.05) is 29.8 Å². The number of rotatable bonds is 5. The minimum atomic E-state index is 0.0333. The molecule has 5 heteroatoms. The minimum Gasteiger partial charge on any atom is -0.356 e. The highest BCUT2D eigenvalue weighted by Crippen LogP contribution is 2.21. The lowest BCUT2D eigenvalue weighted by molar-refractivity contribution is -0.125. The second kappa shape index (κ2) is 8.15. The average molecular weight is 344 g/mol. The average Bonchev–Trinajstić information content (AvgIpc) is 2.64. The van der Waals surface area contributed by atoms with Crippen LogP contribution in [-0.2, 0) is 11.2 Å². The molecule has 2 heterocycles. The van der Waals surface area contributed by atoms with E-state index in [1.165, 1.54) is 5.56 Å². The van der Waals surface area contributed by atoms with Crippen LogP contribution >= 0.6 is 11.6 Å². The number of hydrogen-bond acceptors (Lipinski definition) is 3. The Morgan fingerprint density at radius 3 is 2.83 bits per heavy atom. The highest BCUT2D eigenvalue weighted by Gasteiger charge is 2.26. The number of pyridine rings is 1. The Labute approximate surface area is 147 Å². The maximum absolute atomic E-state index is 12.4. The number of piperidine rings is 1. The van der Waals surface area contributed by atoms with Crippen molar-refractivity contribution in [1.29, 1.82) is 0 Å². The van der Waals surface area contributed by atoms with Crippen LogP contribution in [0.5, 0.6) is 0 Å². The van der Waals surface area contributed by atoms with Crippen molar-refractivity contribution in [2.45, 2.75) is 19.3 Å². The van der Waals surface area contributed by atoms with Crippen LogP contribution in [0.1, 0.15) is 18.4 Å². The molecule has 0 spiro atoms. The molecule has 0 bridgehead atoms. The van der Waals surface area contributed by atoms with Crippen molar-refractivity contribution in [3.05, 3.63) is 59.2 Å². The van der Waals surface area contributed by atoms with Gasteiger partial charge in [0.2, 0.25) is 5.91 Å². The van der Waals surface area contributed by atoms with Crippen LogP contribution in [0.15, 0.2) is 48.7 Å². The Morgan fingerprint density at radius 2 is 2.08 bits per heavy atom. The van der Waals surface area contributed by atoms with Crippen molar-refractivity contribution in [3.8, 4) is 0 Å². The predicted octanol–water partition coefficient (Wildman–Crippen LogP) is 3.31. The number of benzene rings is 1. The van der Waals surface area contributed by atoms with E-state index in [4.69, 9.17) is 11.6 Å². The third-order valence-corrected chi connectivity index (χ3v) is 4.64. The molecule has 0 saturated carbocycles. The maximum Gasteiger partial charge on any atom is 0.224 e. The van der Waals surface area contributed by atoms with Crippen LogP contribution < -0.4 is 10.2 Å². The second-order valence-electron chi connectivity index (χ2n) is 6.14. The van der Waals surface area contributed by atoms with Crippen molar-refractivity contribution in [1.82, 2.24) is 10.3 Å². The molecule has 1 aliphatic heterocycles.